The quantitative estimate of drug-likeness (QED) is 0.751. The molecule has 1 amide bonds. The molecule has 1 aromatic carbocycles. The summed E-state index contributed by atoms with van der Waals surface area (Å²) in [5.41, 5.74) is -0.254. The maximum absolute atomic E-state index is 12.8. The summed E-state index contributed by atoms with van der Waals surface area (Å²) in [6.45, 7) is 0.440. The first-order valence-electron chi connectivity index (χ1n) is 6.96. The number of carbonyl (C=O) groups is 1. The molecule has 0 saturated carbocycles. The molecule has 0 unspecified atom stereocenters. The molecule has 0 fully saturated rings. The van der Waals surface area contributed by atoms with Crippen LogP contribution < -0.4 is 62.2 Å². The smallest absolute Gasteiger partial charge is 0.445 e. The average molecular weight is 355 g/mol. The largest absolute Gasteiger partial charge is 1.00 e. The number of ether oxygens (including phenoxy) is 2. The molecule has 1 heterocycles. The van der Waals surface area contributed by atoms with Gasteiger partial charge in [0.05, 0.1) is 19.3 Å². The van der Waals surface area contributed by atoms with E-state index < -0.39 is 30.2 Å². The monoisotopic (exact) mass is 355 g/mol. The third-order valence-corrected chi connectivity index (χ3v) is 3.15. The van der Waals surface area contributed by atoms with Crippen molar-refractivity contribution in [3.05, 3.63) is 29.3 Å². The van der Waals surface area contributed by atoms with Gasteiger partial charge in [-0.2, -0.15) is 0 Å². The standard InChI is InChI=1S/C14H18BF3NO3.K/c1-14(2,3)22-13(20)19-12-8-21-7-9-6-10(15(16,17)18)4-5-11(9)12;/h4-6,12H,7-8H2,1-3H3,(H,19,20);/q-1;+1/t12-;/m0./s1. The predicted octanol–water partition coefficient (Wildman–Crippen LogP) is -0.159. The van der Waals surface area contributed by atoms with E-state index >= 15 is 0 Å². The van der Waals surface area contributed by atoms with Crippen LogP contribution in [-0.4, -0.2) is 25.3 Å². The van der Waals surface area contributed by atoms with Crippen molar-refractivity contribution in [3.8, 4) is 0 Å². The first kappa shape index (κ1) is 21.0. The number of amides is 1. The number of fused-ring (bicyclic) bond motifs is 1. The third kappa shape index (κ3) is 6.06. The predicted molar refractivity (Wildman–Crippen MR) is 76.9 cm³/mol. The molecule has 122 valence electrons. The van der Waals surface area contributed by atoms with E-state index in [2.05, 4.69) is 5.32 Å². The molecule has 0 aromatic heterocycles. The number of hydrogen-bond acceptors (Lipinski definition) is 3. The van der Waals surface area contributed by atoms with Crippen LogP contribution in [0.25, 0.3) is 0 Å². The number of rotatable bonds is 2. The van der Waals surface area contributed by atoms with Crippen molar-refractivity contribution in [1.82, 2.24) is 5.32 Å². The zero-order valence-corrected chi connectivity index (χ0v) is 16.8. The molecule has 1 aromatic rings. The van der Waals surface area contributed by atoms with Gasteiger partial charge in [-0.3, -0.25) is 0 Å². The van der Waals surface area contributed by atoms with Crippen molar-refractivity contribution >= 4 is 18.5 Å². The Morgan fingerprint density at radius 3 is 2.57 bits per heavy atom. The minimum atomic E-state index is -5.05. The topological polar surface area (TPSA) is 47.6 Å². The summed E-state index contributed by atoms with van der Waals surface area (Å²) >= 11 is 0. The maximum Gasteiger partial charge on any atom is 1.00 e. The van der Waals surface area contributed by atoms with Gasteiger partial charge in [0.15, 0.2) is 0 Å². The van der Waals surface area contributed by atoms with Gasteiger partial charge in [0.1, 0.15) is 5.60 Å². The summed E-state index contributed by atoms with van der Waals surface area (Å²) in [6.07, 6.45) is -0.627. The van der Waals surface area contributed by atoms with Gasteiger partial charge in [0, 0.05) is 0 Å². The minimum absolute atomic E-state index is 0. The van der Waals surface area contributed by atoms with Gasteiger partial charge in [-0.05, 0) is 31.9 Å². The molecule has 9 heteroatoms. The molecule has 1 N–H and O–H groups in total. The number of benzene rings is 1. The molecule has 0 spiro atoms. The molecule has 0 bridgehead atoms. The fourth-order valence-corrected chi connectivity index (χ4v) is 2.24. The van der Waals surface area contributed by atoms with Crippen LogP contribution in [0.1, 0.15) is 37.9 Å². The van der Waals surface area contributed by atoms with Crippen LogP contribution in [0.2, 0.25) is 0 Å². The van der Waals surface area contributed by atoms with Crippen LogP contribution in [0.15, 0.2) is 18.2 Å². The molecule has 0 saturated heterocycles. The normalized spacial score (nSPS) is 17.7. The van der Waals surface area contributed by atoms with Crippen molar-refractivity contribution in [3.63, 3.8) is 0 Å². The van der Waals surface area contributed by atoms with E-state index in [9.17, 15) is 17.7 Å². The minimum Gasteiger partial charge on any atom is -0.445 e. The first-order valence-corrected chi connectivity index (χ1v) is 6.96. The third-order valence-electron chi connectivity index (χ3n) is 3.15. The Balaban J connectivity index is 0.00000264. The van der Waals surface area contributed by atoms with Gasteiger partial charge in [-0.1, -0.05) is 18.2 Å². The molecular weight excluding hydrogens is 337 g/mol. The molecule has 23 heavy (non-hydrogen) atoms. The van der Waals surface area contributed by atoms with Gasteiger partial charge < -0.3 is 27.7 Å². The summed E-state index contributed by atoms with van der Waals surface area (Å²) in [5, 5.41) is 2.63. The summed E-state index contributed by atoms with van der Waals surface area (Å²) in [7, 11) is 0. The first-order chi connectivity index (χ1) is 10.1. The Morgan fingerprint density at radius 2 is 2.00 bits per heavy atom. The van der Waals surface area contributed by atoms with Crippen molar-refractivity contribution < 1.29 is 78.6 Å². The van der Waals surface area contributed by atoms with E-state index in [4.69, 9.17) is 9.47 Å². The number of alkyl carbamates (subject to hydrolysis) is 1. The van der Waals surface area contributed by atoms with E-state index in [0.717, 1.165) is 12.1 Å². The molecule has 4 nitrogen and oxygen atoms in total. The number of halogens is 3. The molecular formula is C14H18BF3KNO3. The van der Waals surface area contributed by atoms with E-state index in [1.54, 1.807) is 20.8 Å². The summed E-state index contributed by atoms with van der Waals surface area (Å²) in [4.78, 5) is 11.8. The van der Waals surface area contributed by atoms with Crippen molar-refractivity contribution in [2.75, 3.05) is 6.61 Å². The Bertz CT molecular complexity index is 575. The summed E-state index contributed by atoms with van der Waals surface area (Å²) in [5.74, 6) is 0. The maximum atomic E-state index is 12.8. The van der Waals surface area contributed by atoms with Crippen molar-refractivity contribution in [1.29, 1.82) is 0 Å². The molecule has 0 aliphatic carbocycles. The zero-order chi connectivity index (χ0) is 16.5. The van der Waals surface area contributed by atoms with Crippen LogP contribution in [-0.2, 0) is 16.1 Å². The van der Waals surface area contributed by atoms with Gasteiger partial charge in [0.2, 0.25) is 0 Å². The fourth-order valence-electron chi connectivity index (χ4n) is 2.24. The van der Waals surface area contributed by atoms with Gasteiger partial charge in [-0.15, -0.1) is 5.46 Å². The van der Waals surface area contributed by atoms with Crippen LogP contribution in [0.4, 0.5) is 17.7 Å². The summed E-state index contributed by atoms with van der Waals surface area (Å²) < 4.78 is 48.8. The molecule has 1 atom stereocenters. The van der Waals surface area contributed by atoms with Crippen LogP contribution >= 0.6 is 0 Å². The van der Waals surface area contributed by atoms with E-state index in [0.29, 0.717) is 11.1 Å². The van der Waals surface area contributed by atoms with Crippen molar-refractivity contribution in [2.24, 2.45) is 0 Å². The zero-order valence-electron chi connectivity index (χ0n) is 13.7. The Morgan fingerprint density at radius 1 is 1.35 bits per heavy atom. The van der Waals surface area contributed by atoms with Gasteiger partial charge >= 0.3 is 64.5 Å². The van der Waals surface area contributed by atoms with Gasteiger partial charge in [0.25, 0.3) is 0 Å². The number of hydrogen-bond donors (Lipinski definition) is 1. The van der Waals surface area contributed by atoms with Gasteiger partial charge in [-0.25, -0.2) is 4.79 Å². The second-order valence-electron chi connectivity index (χ2n) is 6.25. The molecule has 1 aliphatic heterocycles. The fraction of sp³-hybridized carbons (Fsp3) is 0.500. The van der Waals surface area contributed by atoms with Crippen LogP contribution in [0.3, 0.4) is 0 Å². The number of carbonyl (C=O) groups excluding carboxylic acids is 1. The molecule has 2 rings (SSSR count). The molecule has 1 aliphatic rings. The SMILES string of the molecule is CC(C)(C)OC(=O)N[C@H]1COCc2cc([B-](F)(F)F)ccc21.[K+]. The number of nitrogens with one attached hydrogen (secondary N) is 1. The average Bonchev–Trinajstić information content (AvgIpc) is 2.35. The van der Waals surface area contributed by atoms with Crippen molar-refractivity contribution in [2.45, 2.75) is 39.0 Å². The van der Waals surface area contributed by atoms with E-state index in [1.807, 2.05) is 0 Å². The van der Waals surface area contributed by atoms with Crippen LogP contribution in [0, 0.1) is 0 Å². The van der Waals surface area contributed by atoms with E-state index in [-0.39, 0.29) is 64.6 Å². The summed E-state index contributed by atoms with van der Waals surface area (Å²) in [6, 6.07) is 2.99. The van der Waals surface area contributed by atoms with E-state index in [1.165, 1.54) is 6.07 Å². The Kier molecular flexibility index (Phi) is 7.19. The second kappa shape index (κ2) is 7.88. The Labute approximate surface area is 176 Å². The second-order valence-corrected chi connectivity index (χ2v) is 6.25. The Hall–Kier alpha value is -0.0587. The molecule has 0 radical (unpaired) electrons. The van der Waals surface area contributed by atoms with Crippen LogP contribution in [0.5, 0.6) is 0 Å².